The van der Waals surface area contributed by atoms with Gasteiger partial charge >= 0.3 is 0 Å². The minimum absolute atomic E-state index is 0. The van der Waals surface area contributed by atoms with Crippen molar-refractivity contribution in [3.8, 4) is 0 Å². The molecule has 0 amide bonds. The second-order valence-corrected chi connectivity index (χ2v) is 5.33. The van der Waals surface area contributed by atoms with Crippen LogP contribution in [0.25, 0.3) is 0 Å². The largest absolute Gasteiger partial charge is 0.359 e. The zero-order chi connectivity index (χ0) is 11.8. The number of rotatable bonds is 2. The summed E-state index contributed by atoms with van der Waals surface area (Å²) in [5, 5.41) is 3.45. The first-order valence-electron chi connectivity index (χ1n) is 5.56. The first kappa shape index (κ1) is 14.4. The number of hydrogen-bond acceptors (Lipinski definition) is 2. The van der Waals surface area contributed by atoms with E-state index in [0.29, 0.717) is 6.61 Å². The van der Waals surface area contributed by atoms with E-state index in [2.05, 4.69) is 19.2 Å². The van der Waals surface area contributed by atoms with E-state index in [-0.39, 0.29) is 29.5 Å². The Hall–Kier alpha value is -0.640. The van der Waals surface area contributed by atoms with Crippen molar-refractivity contribution in [1.29, 1.82) is 0 Å². The average molecular weight is 260 g/mol. The summed E-state index contributed by atoms with van der Waals surface area (Å²) in [5.74, 6) is -0.200. The number of benzene rings is 1. The molecule has 0 radical (unpaired) electrons. The van der Waals surface area contributed by atoms with Gasteiger partial charge in [0, 0.05) is 12.0 Å². The first-order valence-corrected chi connectivity index (χ1v) is 5.56. The van der Waals surface area contributed by atoms with Gasteiger partial charge in [-0.2, -0.15) is 0 Å². The molecule has 2 rings (SSSR count). The monoisotopic (exact) mass is 259 g/mol. The van der Waals surface area contributed by atoms with Crippen molar-refractivity contribution in [2.45, 2.75) is 38.5 Å². The molecule has 1 unspecified atom stereocenters. The molecule has 17 heavy (non-hydrogen) atoms. The molecule has 1 fully saturated rings. The normalized spacial score (nSPS) is 26.6. The first-order chi connectivity index (χ1) is 7.39. The van der Waals surface area contributed by atoms with E-state index in [0.717, 1.165) is 12.0 Å². The van der Waals surface area contributed by atoms with Gasteiger partial charge in [0.05, 0.1) is 6.61 Å². The lowest BCUT2D eigenvalue weighted by atomic mass is 10.0. The maximum absolute atomic E-state index is 12.8. The Morgan fingerprint density at radius 1 is 1.24 bits per heavy atom. The van der Waals surface area contributed by atoms with Gasteiger partial charge in [0.25, 0.3) is 0 Å². The summed E-state index contributed by atoms with van der Waals surface area (Å²) >= 11 is 0. The van der Waals surface area contributed by atoms with Crippen LogP contribution in [0.1, 0.15) is 26.3 Å². The highest BCUT2D eigenvalue weighted by Gasteiger charge is 2.39. The summed E-state index contributed by atoms with van der Waals surface area (Å²) in [6.07, 6.45) is 0.747. The Labute approximate surface area is 108 Å². The summed E-state index contributed by atoms with van der Waals surface area (Å²) in [6, 6.07) is 6.57. The van der Waals surface area contributed by atoms with Crippen molar-refractivity contribution >= 4 is 12.4 Å². The summed E-state index contributed by atoms with van der Waals surface area (Å²) in [5.41, 5.74) is 0.741. The molecule has 96 valence electrons. The molecule has 1 aliphatic rings. The fourth-order valence-corrected chi connectivity index (χ4v) is 2.21. The smallest absolute Gasteiger partial charge is 0.123 e. The highest BCUT2D eigenvalue weighted by Crippen LogP contribution is 2.26. The van der Waals surface area contributed by atoms with E-state index in [1.165, 1.54) is 12.1 Å². The van der Waals surface area contributed by atoms with Crippen molar-refractivity contribution in [2.75, 3.05) is 6.61 Å². The Morgan fingerprint density at radius 3 is 2.29 bits per heavy atom. The predicted octanol–water partition coefficient (Wildman–Crippen LogP) is 2.90. The van der Waals surface area contributed by atoms with Crippen LogP contribution in [0.2, 0.25) is 0 Å². The van der Waals surface area contributed by atoms with Gasteiger partial charge in [0.15, 0.2) is 0 Å². The summed E-state index contributed by atoms with van der Waals surface area (Å²) in [6.45, 7) is 6.96. The van der Waals surface area contributed by atoms with Gasteiger partial charge in [-0.05, 0) is 38.5 Å². The second kappa shape index (κ2) is 4.92. The third-order valence-corrected chi connectivity index (χ3v) is 2.81. The molecular formula is C13H19ClFNO. The third-order valence-electron chi connectivity index (χ3n) is 2.81. The lowest BCUT2D eigenvalue weighted by molar-refractivity contribution is 0.00668. The number of hydrogen-bond donors (Lipinski definition) is 1. The SMILES string of the molecule is CC1(C)COC(C)(Cc2ccc(F)cc2)N1.Cl. The number of nitrogens with one attached hydrogen (secondary N) is 1. The van der Waals surface area contributed by atoms with Crippen molar-refractivity contribution in [1.82, 2.24) is 5.32 Å². The molecule has 1 heterocycles. The van der Waals surface area contributed by atoms with E-state index in [1.54, 1.807) is 12.1 Å². The van der Waals surface area contributed by atoms with Crippen molar-refractivity contribution < 1.29 is 9.13 Å². The fourth-order valence-electron chi connectivity index (χ4n) is 2.21. The lowest BCUT2D eigenvalue weighted by Crippen LogP contribution is -2.47. The third kappa shape index (κ3) is 3.66. The molecule has 1 aromatic rings. The van der Waals surface area contributed by atoms with Crippen LogP contribution in [-0.4, -0.2) is 17.9 Å². The fraction of sp³-hybridized carbons (Fsp3) is 0.538. The van der Waals surface area contributed by atoms with E-state index in [1.807, 2.05) is 6.92 Å². The molecule has 1 aliphatic heterocycles. The minimum atomic E-state index is -0.346. The van der Waals surface area contributed by atoms with E-state index in [4.69, 9.17) is 4.74 Å². The average Bonchev–Trinajstić information content (AvgIpc) is 2.45. The molecule has 2 nitrogen and oxygen atoms in total. The van der Waals surface area contributed by atoms with Crippen LogP contribution in [0, 0.1) is 5.82 Å². The molecule has 0 saturated carbocycles. The predicted molar refractivity (Wildman–Crippen MR) is 68.9 cm³/mol. The highest BCUT2D eigenvalue weighted by molar-refractivity contribution is 5.85. The summed E-state index contributed by atoms with van der Waals surface area (Å²) < 4.78 is 18.6. The van der Waals surface area contributed by atoms with Gasteiger partial charge in [0.2, 0.25) is 0 Å². The Balaban J connectivity index is 0.00000144. The molecule has 1 N–H and O–H groups in total. The Morgan fingerprint density at radius 2 is 1.82 bits per heavy atom. The van der Waals surface area contributed by atoms with Gasteiger partial charge in [-0.15, -0.1) is 12.4 Å². The topological polar surface area (TPSA) is 21.3 Å². The molecule has 4 heteroatoms. The van der Waals surface area contributed by atoms with Crippen molar-refractivity contribution in [3.63, 3.8) is 0 Å². The van der Waals surface area contributed by atoms with Crippen molar-refractivity contribution in [2.24, 2.45) is 0 Å². The highest BCUT2D eigenvalue weighted by atomic mass is 35.5. The maximum Gasteiger partial charge on any atom is 0.123 e. The minimum Gasteiger partial charge on any atom is -0.359 e. The Bertz CT molecular complexity index is 380. The standard InChI is InChI=1S/C13H18FNO.ClH/c1-12(2)9-16-13(3,15-12)8-10-4-6-11(14)7-5-10;/h4-7,15H,8-9H2,1-3H3;1H. The molecule has 0 aromatic heterocycles. The van der Waals surface area contributed by atoms with Crippen LogP contribution >= 0.6 is 12.4 Å². The lowest BCUT2D eigenvalue weighted by Gasteiger charge is -2.26. The van der Waals surface area contributed by atoms with Crippen LogP contribution in [0.5, 0.6) is 0 Å². The Kier molecular flexibility index (Phi) is 4.18. The van der Waals surface area contributed by atoms with Crippen LogP contribution in [0.4, 0.5) is 4.39 Å². The van der Waals surface area contributed by atoms with E-state index < -0.39 is 0 Å². The van der Waals surface area contributed by atoms with E-state index >= 15 is 0 Å². The molecule has 0 bridgehead atoms. The van der Waals surface area contributed by atoms with Gasteiger partial charge in [0.1, 0.15) is 11.5 Å². The molecule has 1 aromatic carbocycles. The quantitative estimate of drug-likeness (QED) is 0.882. The van der Waals surface area contributed by atoms with Crippen LogP contribution in [0.3, 0.4) is 0 Å². The maximum atomic E-state index is 12.8. The molecule has 1 atom stereocenters. The molecule has 0 aliphatic carbocycles. The zero-order valence-electron chi connectivity index (χ0n) is 10.4. The second-order valence-electron chi connectivity index (χ2n) is 5.33. The molecule has 0 spiro atoms. The molecule has 1 saturated heterocycles. The van der Waals surface area contributed by atoms with Crippen LogP contribution in [0.15, 0.2) is 24.3 Å². The van der Waals surface area contributed by atoms with Gasteiger partial charge < -0.3 is 4.74 Å². The van der Waals surface area contributed by atoms with Gasteiger partial charge in [-0.25, -0.2) is 4.39 Å². The number of ether oxygens (including phenoxy) is 1. The van der Waals surface area contributed by atoms with Crippen LogP contribution < -0.4 is 5.32 Å². The summed E-state index contributed by atoms with van der Waals surface area (Å²) in [4.78, 5) is 0. The van der Waals surface area contributed by atoms with Crippen molar-refractivity contribution in [3.05, 3.63) is 35.6 Å². The summed E-state index contributed by atoms with van der Waals surface area (Å²) in [7, 11) is 0. The molecular weight excluding hydrogens is 241 g/mol. The van der Waals surface area contributed by atoms with Gasteiger partial charge in [-0.1, -0.05) is 12.1 Å². The number of halogens is 2. The van der Waals surface area contributed by atoms with Crippen LogP contribution in [-0.2, 0) is 11.2 Å². The van der Waals surface area contributed by atoms with Gasteiger partial charge in [-0.3, -0.25) is 5.32 Å². The zero-order valence-corrected chi connectivity index (χ0v) is 11.2. The van der Waals surface area contributed by atoms with E-state index in [9.17, 15) is 4.39 Å².